The molecule has 3 heterocycles. The SMILES string of the molecule is Nc1ncc(-c2cn(C34CC(N5CCC(F)(F)CC5)(C3)C4)c([C@H](O)C3CC3)n2)cc1OC(F)(F)F. The summed E-state index contributed by atoms with van der Waals surface area (Å²) >= 11 is 0. The number of aliphatic hydroxyl groups excluding tert-OH is 1. The van der Waals surface area contributed by atoms with E-state index >= 15 is 0 Å². The van der Waals surface area contributed by atoms with Crippen molar-refractivity contribution in [3.63, 3.8) is 0 Å². The van der Waals surface area contributed by atoms with Gasteiger partial charge in [-0.05, 0) is 44.1 Å². The number of hydrogen-bond acceptors (Lipinski definition) is 6. The van der Waals surface area contributed by atoms with Crippen LogP contribution in [0.1, 0.15) is 56.9 Å². The Hall–Kier alpha value is -2.47. The van der Waals surface area contributed by atoms with E-state index < -0.39 is 30.0 Å². The fraction of sp³-hybridized carbons (Fsp3) is 0.652. The van der Waals surface area contributed by atoms with Gasteiger partial charge < -0.3 is 20.1 Å². The molecule has 4 aliphatic carbocycles. The van der Waals surface area contributed by atoms with Crippen LogP contribution in [0, 0.1) is 5.92 Å². The first-order chi connectivity index (χ1) is 16.4. The highest BCUT2D eigenvalue weighted by Gasteiger charge is 2.72. The van der Waals surface area contributed by atoms with E-state index in [1.807, 2.05) is 4.57 Å². The van der Waals surface area contributed by atoms with Crippen molar-refractivity contribution in [3.05, 3.63) is 24.3 Å². The van der Waals surface area contributed by atoms with Gasteiger partial charge in [0.15, 0.2) is 11.6 Å². The molecule has 190 valence electrons. The Bertz CT molecular complexity index is 1130. The van der Waals surface area contributed by atoms with E-state index in [9.17, 15) is 27.1 Å². The number of ether oxygens (including phenoxy) is 1. The smallest absolute Gasteiger partial charge is 0.402 e. The van der Waals surface area contributed by atoms with E-state index in [2.05, 4.69) is 19.6 Å². The van der Waals surface area contributed by atoms with Gasteiger partial charge in [-0.1, -0.05) is 0 Å². The van der Waals surface area contributed by atoms with Gasteiger partial charge >= 0.3 is 6.36 Å². The quantitative estimate of drug-likeness (QED) is 0.579. The summed E-state index contributed by atoms with van der Waals surface area (Å²) in [7, 11) is 0. The number of hydrogen-bond donors (Lipinski definition) is 2. The first-order valence-corrected chi connectivity index (χ1v) is 11.8. The molecule has 0 aromatic carbocycles. The van der Waals surface area contributed by atoms with Crippen molar-refractivity contribution in [1.82, 2.24) is 19.4 Å². The summed E-state index contributed by atoms with van der Waals surface area (Å²) in [6.07, 6.45) is 1.20. The number of rotatable bonds is 6. The summed E-state index contributed by atoms with van der Waals surface area (Å²) in [5.74, 6) is -3.02. The molecule has 5 aliphatic rings. The van der Waals surface area contributed by atoms with Crippen molar-refractivity contribution in [2.75, 3.05) is 18.8 Å². The van der Waals surface area contributed by atoms with Crippen LogP contribution in [-0.4, -0.2) is 55.5 Å². The van der Waals surface area contributed by atoms with Crippen LogP contribution in [-0.2, 0) is 5.54 Å². The van der Waals surface area contributed by atoms with E-state index in [0.29, 0.717) is 30.2 Å². The summed E-state index contributed by atoms with van der Waals surface area (Å²) in [6, 6.07) is 1.15. The standard InChI is InChI=1S/C23H26F5N5O2/c24-22(25)3-5-32(6-4-22)20-10-21(11-20,12-20)33-9-15(31-19(33)17(34)13-1-2-13)14-7-16(18(29)30-8-14)35-23(26,27)28/h7-9,13,17,34H,1-6,10-12H2,(H2,29,30)/t17-,20?,21?/m1/s1. The number of nitrogen functional groups attached to an aromatic ring is 1. The molecule has 0 radical (unpaired) electrons. The average molecular weight is 499 g/mol. The lowest BCUT2D eigenvalue weighted by atomic mass is 9.43. The van der Waals surface area contributed by atoms with Gasteiger partial charge in [0.05, 0.1) is 11.2 Å². The van der Waals surface area contributed by atoms with E-state index in [-0.39, 0.29) is 29.8 Å². The molecule has 0 amide bonds. The Balaban J connectivity index is 1.28. The second-order valence-electron chi connectivity index (χ2n) is 10.6. The van der Waals surface area contributed by atoms with Crippen LogP contribution in [0.15, 0.2) is 18.5 Å². The molecule has 0 spiro atoms. The highest BCUT2D eigenvalue weighted by molar-refractivity contribution is 5.64. The third-order valence-corrected chi connectivity index (χ3v) is 8.12. The number of halogens is 5. The number of aromatic nitrogens is 3. The molecule has 12 heteroatoms. The Morgan fingerprint density at radius 1 is 1.11 bits per heavy atom. The van der Waals surface area contributed by atoms with Crippen LogP contribution >= 0.6 is 0 Å². The van der Waals surface area contributed by atoms with Gasteiger partial charge in [0.2, 0.25) is 0 Å². The minimum absolute atomic E-state index is 0.0980. The summed E-state index contributed by atoms with van der Waals surface area (Å²) in [6.45, 7) is 0.740. The number of anilines is 1. The molecular weight excluding hydrogens is 473 g/mol. The van der Waals surface area contributed by atoms with Gasteiger partial charge in [-0.2, -0.15) is 0 Å². The topological polar surface area (TPSA) is 89.4 Å². The number of likely N-dealkylation sites (tertiary alicyclic amines) is 1. The van der Waals surface area contributed by atoms with E-state index in [1.54, 1.807) is 6.20 Å². The van der Waals surface area contributed by atoms with Gasteiger partial charge in [0.1, 0.15) is 11.9 Å². The van der Waals surface area contributed by atoms with Crippen LogP contribution in [0.2, 0.25) is 0 Å². The summed E-state index contributed by atoms with van der Waals surface area (Å²) in [5.41, 5.74) is 5.85. The molecular formula is C23H26F5N5O2. The zero-order chi connectivity index (χ0) is 24.8. The maximum Gasteiger partial charge on any atom is 0.573 e. The summed E-state index contributed by atoms with van der Waals surface area (Å²) in [5, 5.41) is 10.9. The van der Waals surface area contributed by atoms with Crippen molar-refractivity contribution >= 4 is 5.82 Å². The van der Waals surface area contributed by atoms with Crippen LogP contribution in [0.25, 0.3) is 11.3 Å². The maximum atomic E-state index is 13.6. The van der Waals surface area contributed by atoms with Crippen LogP contribution in [0.3, 0.4) is 0 Å². The monoisotopic (exact) mass is 499 g/mol. The normalized spacial score (nSPS) is 30.9. The number of piperidine rings is 1. The molecule has 2 aromatic rings. The lowest BCUT2D eigenvalue weighted by molar-refractivity contribution is -0.274. The molecule has 7 nitrogen and oxygen atoms in total. The summed E-state index contributed by atoms with van der Waals surface area (Å²) < 4.78 is 71.5. The maximum absolute atomic E-state index is 13.6. The number of aliphatic hydroxyl groups is 1. The Morgan fingerprint density at radius 3 is 2.37 bits per heavy atom. The Labute approximate surface area is 198 Å². The number of nitrogens with zero attached hydrogens (tertiary/aromatic N) is 4. The third-order valence-electron chi connectivity index (χ3n) is 8.12. The summed E-state index contributed by atoms with van der Waals surface area (Å²) in [4.78, 5) is 10.6. The fourth-order valence-corrected chi connectivity index (χ4v) is 6.13. The number of alkyl halides is 5. The number of pyridine rings is 1. The Kier molecular flexibility index (Phi) is 4.78. The van der Waals surface area contributed by atoms with Crippen LogP contribution in [0.5, 0.6) is 5.75 Å². The van der Waals surface area contributed by atoms with Gasteiger partial charge in [-0.25, -0.2) is 18.7 Å². The minimum atomic E-state index is -4.92. The fourth-order valence-electron chi connectivity index (χ4n) is 6.13. The third kappa shape index (κ3) is 3.85. The minimum Gasteiger partial charge on any atom is -0.402 e. The molecule has 35 heavy (non-hydrogen) atoms. The average Bonchev–Trinajstić information content (AvgIpc) is 3.47. The molecule has 3 N–H and O–H groups in total. The van der Waals surface area contributed by atoms with Gasteiger partial charge in [0.25, 0.3) is 5.92 Å². The van der Waals surface area contributed by atoms with Crippen LogP contribution in [0.4, 0.5) is 27.8 Å². The van der Waals surface area contributed by atoms with Crippen molar-refractivity contribution in [2.45, 2.75) is 74.4 Å². The van der Waals surface area contributed by atoms with Crippen molar-refractivity contribution in [2.24, 2.45) is 5.92 Å². The molecule has 1 saturated heterocycles. The van der Waals surface area contributed by atoms with E-state index in [0.717, 1.165) is 38.2 Å². The second-order valence-corrected chi connectivity index (χ2v) is 10.6. The molecule has 7 rings (SSSR count). The van der Waals surface area contributed by atoms with E-state index in [1.165, 1.54) is 6.20 Å². The molecule has 2 bridgehead atoms. The van der Waals surface area contributed by atoms with E-state index in [4.69, 9.17) is 5.73 Å². The van der Waals surface area contributed by atoms with Crippen molar-refractivity contribution in [3.8, 4) is 17.0 Å². The van der Waals surface area contributed by atoms with Crippen molar-refractivity contribution < 1.29 is 31.8 Å². The predicted octanol–water partition coefficient (Wildman–Crippen LogP) is 4.23. The van der Waals surface area contributed by atoms with Gasteiger partial charge in [-0.15, -0.1) is 13.2 Å². The molecule has 1 atom stereocenters. The Morgan fingerprint density at radius 2 is 1.77 bits per heavy atom. The largest absolute Gasteiger partial charge is 0.573 e. The molecule has 4 saturated carbocycles. The zero-order valence-corrected chi connectivity index (χ0v) is 18.9. The zero-order valence-electron chi connectivity index (χ0n) is 18.9. The molecule has 5 fully saturated rings. The highest BCUT2D eigenvalue weighted by Crippen LogP contribution is 2.69. The second kappa shape index (κ2) is 7.28. The lowest BCUT2D eigenvalue weighted by Crippen LogP contribution is -2.79. The predicted molar refractivity (Wildman–Crippen MR) is 115 cm³/mol. The van der Waals surface area contributed by atoms with Gasteiger partial charge in [0, 0.05) is 49.4 Å². The molecule has 1 aliphatic heterocycles. The van der Waals surface area contributed by atoms with Gasteiger partial charge in [-0.3, -0.25) is 4.90 Å². The van der Waals surface area contributed by atoms with Crippen LogP contribution < -0.4 is 10.5 Å². The first-order valence-electron chi connectivity index (χ1n) is 11.8. The molecule has 2 aromatic heterocycles. The highest BCUT2D eigenvalue weighted by atomic mass is 19.4. The van der Waals surface area contributed by atoms with Crippen molar-refractivity contribution in [1.29, 1.82) is 0 Å². The lowest BCUT2D eigenvalue weighted by Gasteiger charge is -2.75. The number of imidazole rings is 1. The first kappa shape index (κ1) is 23.0. The molecule has 0 unspecified atom stereocenters. The number of nitrogens with two attached hydrogens (primary N) is 1.